The van der Waals surface area contributed by atoms with Gasteiger partial charge in [-0.05, 0) is 19.3 Å². The third-order valence-corrected chi connectivity index (χ3v) is 1.88. The molecule has 1 fully saturated rings. The topological polar surface area (TPSA) is 69.1 Å². The maximum atomic E-state index is 10.5. The van der Waals surface area contributed by atoms with E-state index in [1.165, 1.54) is 0 Å². The van der Waals surface area contributed by atoms with Gasteiger partial charge in [0.25, 0.3) is 0 Å². The largest absolute Gasteiger partial charge is 0.369 e. The monoisotopic (exact) mass is 128 g/mol. The van der Waals surface area contributed by atoms with Gasteiger partial charge in [-0.2, -0.15) is 0 Å². The summed E-state index contributed by atoms with van der Waals surface area (Å²) in [5.41, 5.74) is 10.6. The van der Waals surface area contributed by atoms with Gasteiger partial charge in [-0.3, -0.25) is 4.79 Å². The van der Waals surface area contributed by atoms with E-state index >= 15 is 0 Å². The minimum Gasteiger partial charge on any atom is -0.369 e. The molecule has 0 aromatic carbocycles. The summed E-state index contributed by atoms with van der Waals surface area (Å²) >= 11 is 0. The molecular formula is C6H12N2O. The van der Waals surface area contributed by atoms with E-state index in [-0.39, 0.29) is 17.9 Å². The average Bonchev–Trinajstić information content (AvgIpc) is 2.14. The van der Waals surface area contributed by atoms with Crippen LogP contribution in [0.5, 0.6) is 0 Å². The van der Waals surface area contributed by atoms with Crippen LogP contribution in [0.2, 0.25) is 0 Å². The van der Waals surface area contributed by atoms with Gasteiger partial charge in [-0.1, -0.05) is 0 Å². The normalized spacial score (nSPS) is 34.8. The Hall–Kier alpha value is -0.570. The van der Waals surface area contributed by atoms with Crippen molar-refractivity contribution < 1.29 is 4.79 Å². The zero-order chi connectivity index (χ0) is 6.85. The molecule has 0 aliphatic heterocycles. The highest BCUT2D eigenvalue weighted by Crippen LogP contribution is 2.22. The Morgan fingerprint density at radius 2 is 2.11 bits per heavy atom. The first-order valence-corrected chi connectivity index (χ1v) is 3.25. The van der Waals surface area contributed by atoms with Crippen molar-refractivity contribution in [3.63, 3.8) is 0 Å². The smallest absolute Gasteiger partial charge is 0.220 e. The molecule has 9 heavy (non-hydrogen) atoms. The number of hydrogen-bond donors (Lipinski definition) is 2. The third-order valence-electron chi connectivity index (χ3n) is 1.88. The number of carbonyl (C=O) groups excluding carboxylic acids is 1. The molecule has 0 heterocycles. The Balaban J connectivity index is 2.39. The summed E-state index contributed by atoms with van der Waals surface area (Å²) in [5.74, 6) is -0.136. The van der Waals surface area contributed by atoms with Crippen LogP contribution >= 0.6 is 0 Å². The number of carbonyl (C=O) groups is 1. The van der Waals surface area contributed by atoms with Crippen LogP contribution < -0.4 is 11.5 Å². The Morgan fingerprint density at radius 3 is 2.33 bits per heavy atom. The lowest BCUT2D eigenvalue weighted by Crippen LogP contribution is -2.23. The molecule has 1 aliphatic carbocycles. The van der Waals surface area contributed by atoms with Crippen LogP contribution in [0.25, 0.3) is 0 Å². The molecule has 1 saturated carbocycles. The molecule has 0 bridgehead atoms. The molecular weight excluding hydrogens is 116 g/mol. The third kappa shape index (κ3) is 1.42. The fourth-order valence-corrected chi connectivity index (χ4v) is 1.27. The first kappa shape index (κ1) is 6.55. The van der Waals surface area contributed by atoms with Crippen LogP contribution in [-0.2, 0) is 4.79 Å². The average molecular weight is 128 g/mol. The van der Waals surface area contributed by atoms with Crippen molar-refractivity contribution in [2.24, 2.45) is 17.4 Å². The lowest BCUT2D eigenvalue weighted by atomic mass is 10.1. The van der Waals surface area contributed by atoms with Crippen molar-refractivity contribution in [3.05, 3.63) is 0 Å². The summed E-state index contributed by atoms with van der Waals surface area (Å²) in [7, 11) is 0. The second kappa shape index (κ2) is 2.35. The van der Waals surface area contributed by atoms with Crippen molar-refractivity contribution in [1.82, 2.24) is 0 Å². The van der Waals surface area contributed by atoms with E-state index in [1.807, 2.05) is 0 Å². The van der Waals surface area contributed by atoms with E-state index in [0.717, 1.165) is 19.3 Å². The van der Waals surface area contributed by atoms with Crippen molar-refractivity contribution in [2.75, 3.05) is 0 Å². The van der Waals surface area contributed by atoms with Crippen molar-refractivity contribution in [2.45, 2.75) is 25.3 Å². The lowest BCUT2D eigenvalue weighted by molar-refractivity contribution is -0.121. The Labute approximate surface area is 54.4 Å². The Bertz CT molecular complexity index is 124. The summed E-state index contributed by atoms with van der Waals surface area (Å²) < 4.78 is 0. The van der Waals surface area contributed by atoms with Crippen molar-refractivity contribution >= 4 is 5.91 Å². The van der Waals surface area contributed by atoms with Gasteiger partial charge in [0.1, 0.15) is 0 Å². The van der Waals surface area contributed by atoms with Crippen LogP contribution in [0.4, 0.5) is 0 Å². The van der Waals surface area contributed by atoms with E-state index in [0.29, 0.717) is 0 Å². The molecule has 4 N–H and O–H groups in total. The molecule has 0 radical (unpaired) electrons. The maximum Gasteiger partial charge on any atom is 0.220 e. The molecule has 0 aromatic rings. The van der Waals surface area contributed by atoms with Gasteiger partial charge in [0.15, 0.2) is 0 Å². The zero-order valence-electron chi connectivity index (χ0n) is 5.34. The predicted molar refractivity (Wildman–Crippen MR) is 34.5 cm³/mol. The molecule has 3 heteroatoms. The highest BCUT2D eigenvalue weighted by molar-refractivity contribution is 5.76. The van der Waals surface area contributed by atoms with Crippen LogP contribution in [0.1, 0.15) is 19.3 Å². The summed E-state index contributed by atoms with van der Waals surface area (Å²) in [4.78, 5) is 10.5. The minimum atomic E-state index is -0.192. The van der Waals surface area contributed by atoms with E-state index in [4.69, 9.17) is 11.5 Å². The summed E-state index contributed by atoms with van der Waals surface area (Å²) in [5, 5.41) is 0. The van der Waals surface area contributed by atoms with E-state index in [2.05, 4.69) is 0 Å². The minimum absolute atomic E-state index is 0.0556. The van der Waals surface area contributed by atoms with Gasteiger partial charge < -0.3 is 11.5 Å². The molecule has 0 saturated heterocycles. The van der Waals surface area contributed by atoms with Gasteiger partial charge in [0, 0.05) is 12.0 Å². The second-order valence-electron chi connectivity index (χ2n) is 2.67. The number of hydrogen-bond acceptors (Lipinski definition) is 2. The highest BCUT2D eigenvalue weighted by atomic mass is 16.1. The van der Waals surface area contributed by atoms with E-state index in [9.17, 15) is 4.79 Å². The molecule has 1 aliphatic rings. The van der Waals surface area contributed by atoms with Gasteiger partial charge in [0.2, 0.25) is 5.91 Å². The summed E-state index contributed by atoms with van der Waals surface area (Å²) in [6, 6.07) is 0.211. The number of rotatable bonds is 1. The molecule has 0 unspecified atom stereocenters. The van der Waals surface area contributed by atoms with Gasteiger partial charge in [-0.25, -0.2) is 0 Å². The van der Waals surface area contributed by atoms with Crippen LogP contribution in [-0.4, -0.2) is 11.9 Å². The summed E-state index contributed by atoms with van der Waals surface area (Å²) in [6.07, 6.45) is 2.62. The SMILES string of the molecule is NC(=O)[C@@H]1CC[C@H](N)C1. The first-order chi connectivity index (χ1) is 4.20. The zero-order valence-corrected chi connectivity index (χ0v) is 5.34. The summed E-state index contributed by atoms with van der Waals surface area (Å²) in [6.45, 7) is 0. The molecule has 1 amide bonds. The highest BCUT2D eigenvalue weighted by Gasteiger charge is 2.25. The molecule has 3 nitrogen and oxygen atoms in total. The number of amides is 1. The van der Waals surface area contributed by atoms with Crippen LogP contribution in [0.15, 0.2) is 0 Å². The number of nitrogens with two attached hydrogens (primary N) is 2. The molecule has 52 valence electrons. The standard InChI is InChI=1S/C6H12N2O/c7-5-2-1-4(3-5)6(8)9/h4-5H,1-3,7H2,(H2,8,9)/t4-,5+/m1/s1. The maximum absolute atomic E-state index is 10.5. The Morgan fingerprint density at radius 1 is 1.44 bits per heavy atom. The van der Waals surface area contributed by atoms with Gasteiger partial charge >= 0.3 is 0 Å². The fourth-order valence-electron chi connectivity index (χ4n) is 1.27. The predicted octanol–water partition coefficient (Wildman–Crippen LogP) is -0.401. The Kier molecular flexibility index (Phi) is 1.71. The van der Waals surface area contributed by atoms with E-state index in [1.54, 1.807) is 0 Å². The van der Waals surface area contributed by atoms with Gasteiger partial charge in [-0.15, -0.1) is 0 Å². The van der Waals surface area contributed by atoms with Crippen LogP contribution in [0, 0.1) is 5.92 Å². The molecule has 1 rings (SSSR count). The van der Waals surface area contributed by atoms with Crippen molar-refractivity contribution in [1.29, 1.82) is 0 Å². The quantitative estimate of drug-likeness (QED) is 0.504. The van der Waals surface area contributed by atoms with E-state index < -0.39 is 0 Å². The van der Waals surface area contributed by atoms with Crippen molar-refractivity contribution in [3.8, 4) is 0 Å². The lowest BCUT2D eigenvalue weighted by Gasteiger charge is -2.01. The second-order valence-corrected chi connectivity index (χ2v) is 2.67. The molecule has 0 aromatic heterocycles. The van der Waals surface area contributed by atoms with Crippen LogP contribution in [0.3, 0.4) is 0 Å². The number of primary amides is 1. The molecule has 2 atom stereocenters. The molecule has 0 spiro atoms. The fraction of sp³-hybridized carbons (Fsp3) is 0.833. The first-order valence-electron chi connectivity index (χ1n) is 3.25. The van der Waals surface area contributed by atoms with Gasteiger partial charge in [0.05, 0.1) is 0 Å².